The Morgan fingerprint density at radius 2 is 2.27 bits per heavy atom. The zero-order valence-corrected chi connectivity index (χ0v) is 8.67. The third kappa shape index (κ3) is 6.57. The van der Waals surface area contributed by atoms with E-state index >= 15 is 0 Å². The molecule has 0 amide bonds. The van der Waals surface area contributed by atoms with Crippen molar-refractivity contribution in [2.75, 3.05) is 18.2 Å². The summed E-state index contributed by atoms with van der Waals surface area (Å²) >= 11 is 7.26. The third-order valence-corrected chi connectivity index (χ3v) is 2.07. The molecular formula is C8H15ClOS. The minimum absolute atomic E-state index is 0.668. The summed E-state index contributed by atoms with van der Waals surface area (Å²) in [6.45, 7) is 4.84. The number of alkyl halides is 1. The summed E-state index contributed by atoms with van der Waals surface area (Å²) in [5.41, 5.74) is 0. The van der Waals surface area contributed by atoms with Gasteiger partial charge in [-0.05, 0) is 25.2 Å². The standard InChI is InChI=1S/C8H15ClOS/c1-3-10-8(11-4-2)6-5-7-9/h6H,3-5,7H2,1-2H3. The van der Waals surface area contributed by atoms with E-state index in [1.165, 1.54) is 0 Å². The molecule has 0 saturated carbocycles. The maximum atomic E-state index is 5.54. The second kappa shape index (κ2) is 8.28. The smallest absolute Gasteiger partial charge is 0.149 e. The maximum absolute atomic E-state index is 5.54. The monoisotopic (exact) mass is 194 g/mol. The molecule has 11 heavy (non-hydrogen) atoms. The van der Waals surface area contributed by atoms with Crippen LogP contribution in [0, 0.1) is 0 Å². The van der Waals surface area contributed by atoms with Crippen molar-refractivity contribution < 1.29 is 4.74 Å². The minimum atomic E-state index is 0.668. The van der Waals surface area contributed by atoms with Crippen LogP contribution in [-0.2, 0) is 4.74 Å². The molecule has 0 atom stereocenters. The normalized spacial score (nSPS) is 11.7. The fraction of sp³-hybridized carbons (Fsp3) is 0.750. The summed E-state index contributed by atoms with van der Waals surface area (Å²) in [6, 6.07) is 0. The molecule has 0 N–H and O–H groups in total. The molecule has 0 aromatic rings. The molecule has 0 aliphatic heterocycles. The van der Waals surface area contributed by atoms with Gasteiger partial charge in [0.1, 0.15) is 5.09 Å². The molecule has 0 rings (SSSR count). The lowest BCUT2D eigenvalue weighted by Crippen LogP contribution is -1.88. The van der Waals surface area contributed by atoms with Crippen molar-refractivity contribution in [3.05, 3.63) is 11.2 Å². The van der Waals surface area contributed by atoms with E-state index in [2.05, 4.69) is 6.92 Å². The Morgan fingerprint density at radius 1 is 1.55 bits per heavy atom. The van der Waals surface area contributed by atoms with Crippen LogP contribution in [0.25, 0.3) is 0 Å². The van der Waals surface area contributed by atoms with Crippen LogP contribution < -0.4 is 0 Å². The molecule has 66 valence electrons. The van der Waals surface area contributed by atoms with Crippen molar-refractivity contribution in [2.45, 2.75) is 20.3 Å². The SMILES string of the molecule is CCOC(=CCCCl)SCC. The highest BCUT2D eigenvalue weighted by molar-refractivity contribution is 8.02. The van der Waals surface area contributed by atoms with Crippen molar-refractivity contribution in [1.82, 2.24) is 0 Å². The summed E-state index contributed by atoms with van der Waals surface area (Å²) in [5.74, 6) is 1.72. The van der Waals surface area contributed by atoms with E-state index in [9.17, 15) is 0 Å². The van der Waals surface area contributed by atoms with Gasteiger partial charge in [0.05, 0.1) is 6.61 Å². The van der Waals surface area contributed by atoms with Crippen molar-refractivity contribution in [3.8, 4) is 0 Å². The van der Waals surface area contributed by atoms with E-state index in [4.69, 9.17) is 16.3 Å². The highest BCUT2D eigenvalue weighted by Gasteiger charge is 1.94. The molecule has 0 unspecified atom stereocenters. The molecule has 0 aliphatic rings. The van der Waals surface area contributed by atoms with Crippen molar-refractivity contribution in [3.63, 3.8) is 0 Å². The largest absolute Gasteiger partial charge is 0.488 e. The zero-order chi connectivity index (χ0) is 8.53. The van der Waals surface area contributed by atoms with Gasteiger partial charge < -0.3 is 4.74 Å². The molecule has 1 nitrogen and oxygen atoms in total. The highest BCUT2D eigenvalue weighted by Crippen LogP contribution is 2.16. The van der Waals surface area contributed by atoms with Gasteiger partial charge in [-0.2, -0.15) is 0 Å². The van der Waals surface area contributed by atoms with Crippen LogP contribution >= 0.6 is 23.4 Å². The van der Waals surface area contributed by atoms with Gasteiger partial charge in [-0.1, -0.05) is 18.7 Å². The Morgan fingerprint density at radius 3 is 2.73 bits per heavy atom. The number of hydrogen-bond acceptors (Lipinski definition) is 2. The number of ether oxygens (including phenoxy) is 1. The Balaban J connectivity index is 3.66. The van der Waals surface area contributed by atoms with E-state index in [1.807, 2.05) is 13.0 Å². The lowest BCUT2D eigenvalue weighted by molar-refractivity contribution is 0.257. The van der Waals surface area contributed by atoms with E-state index < -0.39 is 0 Å². The fourth-order valence-corrected chi connectivity index (χ4v) is 1.45. The Bertz CT molecular complexity index is 107. The first-order chi connectivity index (χ1) is 5.35. The number of allylic oxidation sites excluding steroid dienone is 1. The molecule has 0 heterocycles. The molecule has 3 heteroatoms. The van der Waals surface area contributed by atoms with Crippen molar-refractivity contribution in [2.24, 2.45) is 0 Å². The van der Waals surface area contributed by atoms with Gasteiger partial charge in [0.25, 0.3) is 0 Å². The van der Waals surface area contributed by atoms with E-state index in [0.717, 1.165) is 23.9 Å². The summed E-state index contributed by atoms with van der Waals surface area (Å²) in [5, 5.41) is 1.01. The Labute approximate surface area is 78.1 Å². The first-order valence-electron chi connectivity index (χ1n) is 3.86. The first-order valence-corrected chi connectivity index (χ1v) is 5.38. The number of rotatable bonds is 6. The van der Waals surface area contributed by atoms with Crippen molar-refractivity contribution >= 4 is 23.4 Å². The summed E-state index contributed by atoms with van der Waals surface area (Å²) in [6.07, 6.45) is 2.94. The number of hydrogen-bond donors (Lipinski definition) is 0. The molecule has 0 fully saturated rings. The predicted molar refractivity (Wildman–Crippen MR) is 53.2 cm³/mol. The Kier molecular flexibility index (Phi) is 8.41. The number of halogens is 1. The second-order valence-corrected chi connectivity index (χ2v) is 3.51. The van der Waals surface area contributed by atoms with Crippen LogP contribution in [0.1, 0.15) is 20.3 Å². The minimum Gasteiger partial charge on any atom is -0.488 e. The van der Waals surface area contributed by atoms with Crippen LogP contribution in [-0.4, -0.2) is 18.2 Å². The molecular weight excluding hydrogens is 180 g/mol. The summed E-state index contributed by atoms with van der Waals surface area (Å²) in [7, 11) is 0. The van der Waals surface area contributed by atoms with Crippen LogP contribution in [0.5, 0.6) is 0 Å². The quantitative estimate of drug-likeness (QED) is 0.474. The van der Waals surface area contributed by atoms with Crippen LogP contribution in [0.2, 0.25) is 0 Å². The van der Waals surface area contributed by atoms with Crippen LogP contribution in [0.15, 0.2) is 11.2 Å². The van der Waals surface area contributed by atoms with E-state index in [0.29, 0.717) is 5.88 Å². The first kappa shape index (κ1) is 11.2. The van der Waals surface area contributed by atoms with Crippen LogP contribution in [0.3, 0.4) is 0 Å². The van der Waals surface area contributed by atoms with Gasteiger partial charge in [-0.3, -0.25) is 0 Å². The Hall–Kier alpha value is 0.180. The van der Waals surface area contributed by atoms with Gasteiger partial charge in [-0.25, -0.2) is 0 Å². The average Bonchev–Trinajstić information content (AvgIpc) is 2.01. The fourth-order valence-electron chi connectivity index (χ4n) is 0.616. The topological polar surface area (TPSA) is 9.23 Å². The summed E-state index contributed by atoms with van der Waals surface area (Å²) in [4.78, 5) is 0. The lowest BCUT2D eigenvalue weighted by atomic mass is 10.5. The van der Waals surface area contributed by atoms with Crippen LogP contribution in [0.4, 0.5) is 0 Å². The van der Waals surface area contributed by atoms with E-state index in [-0.39, 0.29) is 0 Å². The van der Waals surface area contributed by atoms with Gasteiger partial charge in [0, 0.05) is 5.88 Å². The van der Waals surface area contributed by atoms with Crippen molar-refractivity contribution in [1.29, 1.82) is 0 Å². The second-order valence-electron chi connectivity index (χ2n) is 1.87. The van der Waals surface area contributed by atoms with Gasteiger partial charge in [0.15, 0.2) is 0 Å². The third-order valence-electron chi connectivity index (χ3n) is 0.993. The molecule has 0 aromatic carbocycles. The predicted octanol–water partition coefficient (Wildman–Crippen LogP) is 3.25. The zero-order valence-electron chi connectivity index (χ0n) is 7.10. The average molecular weight is 195 g/mol. The molecule has 0 spiro atoms. The number of thioether (sulfide) groups is 1. The summed E-state index contributed by atoms with van der Waals surface area (Å²) < 4.78 is 5.35. The van der Waals surface area contributed by atoms with E-state index in [1.54, 1.807) is 11.8 Å². The highest BCUT2D eigenvalue weighted by atomic mass is 35.5. The molecule has 0 bridgehead atoms. The molecule has 0 aliphatic carbocycles. The maximum Gasteiger partial charge on any atom is 0.149 e. The van der Waals surface area contributed by atoms with Gasteiger partial charge in [0.2, 0.25) is 0 Å². The lowest BCUT2D eigenvalue weighted by Gasteiger charge is -2.05. The molecule has 0 aromatic heterocycles. The van der Waals surface area contributed by atoms with Gasteiger partial charge in [-0.15, -0.1) is 11.6 Å². The molecule has 0 radical (unpaired) electrons. The molecule has 0 saturated heterocycles. The van der Waals surface area contributed by atoms with Gasteiger partial charge >= 0.3 is 0 Å².